The van der Waals surface area contributed by atoms with E-state index < -0.39 is 14.2 Å². The third-order valence-electron chi connectivity index (χ3n) is 2.67. The lowest BCUT2D eigenvalue weighted by Gasteiger charge is -2.07. The second-order valence-electron chi connectivity index (χ2n) is 3.70. The van der Waals surface area contributed by atoms with Crippen molar-refractivity contribution in [2.45, 2.75) is 27.7 Å². The summed E-state index contributed by atoms with van der Waals surface area (Å²) in [4.78, 5) is 11.7. The summed E-state index contributed by atoms with van der Waals surface area (Å²) in [6.07, 6.45) is 0. The van der Waals surface area contributed by atoms with Gasteiger partial charge in [0.1, 0.15) is 6.61 Å². The first-order valence-electron chi connectivity index (χ1n) is 5.36. The molecule has 0 fully saturated rings. The molecule has 0 amide bonds. The molecule has 0 N–H and O–H groups in total. The molecule has 0 heterocycles. The van der Waals surface area contributed by atoms with Crippen molar-refractivity contribution in [2.75, 3.05) is 6.61 Å². The Labute approximate surface area is 102 Å². The minimum Gasteiger partial charge on any atom is -0.241 e. The topological polar surface area (TPSA) is 52.6 Å². The van der Waals surface area contributed by atoms with Crippen molar-refractivity contribution < 1.29 is 18.4 Å². The maximum atomic E-state index is 11.7. The Balaban J connectivity index is 2.90. The maximum Gasteiger partial charge on any atom is 0.753 e. The molecule has 0 aromatic heterocycles. The summed E-state index contributed by atoms with van der Waals surface area (Å²) >= 11 is 0. The highest BCUT2D eigenvalue weighted by Gasteiger charge is 2.27. The summed E-state index contributed by atoms with van der Waals surface area (Å²) in [6.45, 7) is 7.67. The zero-order chi connectivity index (χ0) is 13.0. The number of hydrogen-bond donors (Lipinski definition) is 0. The molecule has 0 aliphatic carbocycles. The third kappa shape index (κ3) is 3.35. The molecule has 1 aromatic rings. The van der Waals surface area contributed by atoms with Gasteiger partial charge >= 0.3 is 14.2 Å². The Morgan fingerprint density at radius 1 is 1.24 bits per heavy atom. The predicted molar refractivity (Wildman–Crippen MR) is 65.3 cm³/mol. The fourth-order valence-corrected chi connectivity index (χ4v) is 1.92. The molecule has 0 radical (unpaired) electrons. The zero-order valence-corrected chi connectivity index (χ0v) is 11.3. The molecule has 0 bridgehead atoms. The summed E-state index contributed by atoms with van der Waals surface area (Å²) in [5.41, 5.74) is 3.41. The van der Waals surface area contributed by atoms with Crippen LogP contribution in [0.5, 0.6) is 0 Å². The lowest BCUT2D eigenvalue weighted by atomic mass is 9.99. The van der Waals surface area contributed by atoms with Gasteiger partial charge in [0.25, 0.3) is 0 Å². The van der Waals surface area contributed by atoms with Gasteiger partial charge in [-0.05, 0) is 50.5 Å². The first-order chi connectivity index (χ1) is 7.97. The average Bonchev–Trinajstić information content (AvgIpc) is 2.26. The smallest absolute Gasteiger partial charge is 0.241 e. The lowest BCUT2D eigenvalue weighted by Crippen LogP contribution is -2.05. The first kappa shape index (κ1) is 13.8. The van der Waals surface area contributed by atoms with Gasteiger partial charge in [-0.25, -0.2) is 4.79 Å². The molecule has 0 aliphatic rings. The molecule has 17 heavy (non-hydrogen) atoms. The first-order valence-corrected chi connectivity index (χ1v) is 6.46. The second kappa shape index (κ2) is 5.89. The summed E-state index contributed by atoms with van der Waals surface area (Å²) in [7, 11) is -2.37. The van der Waals surface area contributed by atoms with Crippen LogP contribution in [0, 0.1) is 20.8 Å². The second-order valence-corrected chi connectivity index (χ2v) is 4.59. The summed E-state index contributed by atoms with van der Waals surface area (Å²) in [5.74, 6) is -0.611. The Hall–Kier alpha value is -1.25. The van der Waals surface area contributed by atoms with Crippen LogP contribution >= 0.6 is 8.25 Å². The molecule has 0 saturated carbocycles. The molecular formula is C12H16O4P+. The van der Waals surface area contributed by atoms with Crippen LogP contribution in [-0.2, 0) is 13.6 Å². The lowest BCUT2D eigenvalue weighted by molar-refractivity contribution is 0.0717. The fourth-order valence-electron chi connectivity index (χ4n) is 1.43. The van der Waals surface area contributed by atoms with E-state index in [0.29, 0.717) is 5.56 Å². The van der Waals surface area contributed by atoms with Crippen molar-refractivity contribution in [3.05, 3.63) is 34.4 Å². The van der Waals surface area contributed by atoms with Crippen LogP contribution in [0.25, 0.3) is 0 Å². The monoisotopic (exact) mass is 255 g/mol. The van der Waals surface area contributed by atoms with Gasteiger partial charge in [-0.1, -0.05) is 6.07 Å². The van der Waals surface area contributed by atoms with Gasteiger partial charge in [0, 0.05) is 4.57 Å². The Morgan fingerprint density at radius 3 is 2.47 bits per heavy atom. The van der Waals surface area contributed by atoms with E-state index in [9.17, 15) is 9.36 Å². The minimum atomic E-state index is -2.37. The van der Waals surface area contributed by atoms with Crippen molar-refractivity contribution in [3.8, 4) is 0 Å². The van der Waals surface area contributed by atoms with Crippen LogP contribution < -0.4 is 0 Å². The van der Waals surface area contributed by atoms with Gasteiger partial charge in [0.2, 0.25) is 0 Å². The van der Waals surface area contributed by atoms with E-state index in [-0.39, 0.29) is 6.61 Å². The van der Waals surface area contributed by atoms with E-state index in [0.717, 1.165) is 16.7 Å². The average molecular weight is 255 g/mol. The molecule has 1 unspecified atom stereocenters. The van der Waals surface area contributed by atoms with Gasteiger partial charge in [0.15, 0.2) is 0 Å². The number of aryl methyl sites for hydroxylation is 1. The SMILES string of the molecule is CCO[P+](=O)OC(=O)c1ccc(C)c(C)c1C. The quantitative estimate of drug-likeness (QED) is 0.773. The van der Waals surface area contributed by atoms with Crippen LogP contribution in [0.3, 0.4) is 0 Å². The van der Waals surface area contributed by atoms with Crippen LogP contribution in [0.1, 0.15) is 34.0 Å². The number of carbonyl (C=O) groups is 1. The number of carbonyl (C=O) groups excluding carboxylic acids is 1. The number of hydrogen-bond acceptors (Lipinski definition) is 4. The van der Waals surface area contributed by atoms with Gasteiger partial charge < -0.3 is 0 Å². The molecule has 0 saturated heterocycles. The maximum absolute atomic E-state index is 11.7. The molecule has 0 aliphatic heterocycles. The molecule has 1 aromatic carbocycles. The van der Waals surface area contributed by atoms with Crippen molar-refractivity contribution in [1.82, 2.24) is 0 Å². The molecule has 4 nitrogen and oxygen atoms in total. The van der Waals surface area contributed by atoms with Crippen LogP contribution in [0.2, 0.25) is 0 Å². The van der Waals surface area contributed by atoms with Crippen LogP contribution in [0.15, 0.2) is 12.1 Å². The third-order valence-corrected chi connectivity index (χ3v) is 3.45. The summed E-state index contributed by atoms with van der Waals surface area (Å²) in [6, 6.07) is 3.52. The van der Waals surface area contributed by atoms with E-state index in [1.165, 1.54) is 0 Å². The highest BCUT2D eigenvalue weighted by molar-refractivity contribution is 7.34. The van der Waals surface area contributed by atoms with E-state index in [4.69, 9.17) is 9.05 Å². The molecule has 0 spiro atoms. The van der Waals surface area contributed by atoms with Crippen molar-refractivity contribution in [2.24, 2.45) is 0 Å². The molecule has 1 atom stereocenters. The van der Waals surface area contributed by atoms with E-state index >= 15 is 0 Å². The van der Waals surface area contributed by atoms with Gasteiger partial charge in [-0.3, -0.25) is 0 Å². The van der Waals surface area contributed by atoms with Crippen molar-refractivity contribution in [3.63, 3.8) is 0 Å². The predicted octanol–water partition coefficient (Wildman–Crippen LogP) is 3.46. The largest absolute Gasteiger partial charge is 0.753 e. The fraction of sp³-hybridized carbons (Fsp3) is 0.417. The molecule has 5 heteroatoms. The number of rotatable bonds is 4. The Bertz CT molecular complexity index is 454. The van der Waals surface area contributed by atoms with E-state index in [1.807, 2.05) is 26.8 Å². The normalized spacial score (nSPS) is 11.2. The van der Waals surface area contributed by atoms with Crippen LogP contribution in [-0.4, -0.2) is 12.6 Å². The Morgan fingerprint density at radius 2 is 1.88 bits per heavy atom. The minimum absolute atomic E-state index is 0.244. The summed E-state index contributed by atoms with van der Waals surface area (Å²) < 4.78 is 20.6. The van der Waals surface area contributed by atoms with Gasteiger partial charge in [0.05, 0.1) is 5.56 Å². The molecular weight excluding hydrogens is 239 g/mol. The van der Waals surface area contributed by atoms with Crippen molar-refractivity contribution >= 4 is 14.2 Å². The van der Waals surface area contributed by atoms with Gasteiger partial charge in [-0.2, -0.15) is 4.52 Å². The van der Waals surface area contributed by atoms with E-state index in [1.54, 1.807) is 13.0 Å². The zero-order valence-electron chi connectivity index (χ0n) is 10.4. The van der Waals surface area contributed by atoms with E-state index in [2.05, 4.69) is 0 Å². The molecule has 92 valence electrons. The Kier molecular flexibility index (Phi) is 4.79. The van der Waals surface area contributed by atoms with Gasteiger partial charge in [-0.15, -0.1) is 4.52 Å². The van der Waals surface area contributed by atoms with Crippen molar-refractivity contribution in [1.29, 1.82) is 0 Å². The van der Waals surface area contributed by atoms with Crippen LogP contribution in [0.4, 0.5) is 0 Å². The molecule has 1 rings (SSSR count). The number of benzene rings is 1. The summed E-state index contributed by atoms with van der Waals surface area (Å²) in [5, 5.41) is 0. The highest BCUT2D eigenvalue weighted by atomic mass is 31.1. The highest BCUT2D eigenvalue weighted by Crippen LogP contribution is 2.27. The standard InChI is InChI=1S/C12H16O4P/c1-5-15-17(14)16-12(13)11-7-6-8(2)9(3)10(11)4/h6-7H,5H2,1-4H3/q+1.